The van der Waals surface area contributed by atoms with Gasteiger partial charge in [-0.15, -0.1) is 0 Å². The summed E-state index contributed by atoms with van der Waals surface area (Å²) < 4.78 is 0. The molecule has 0 radical (unpaired) electrons. The molecule has 0 aromatic heterocycles. The molecule has 0 aromatic rings. The van der Waals surface area contributed by atoms with Crippen LogP contribution < -0.4 is 0 Å². The third kappa shape index (κ3) is 5.64. The van der Waals surface area contributed by atoms with E-state index in [2.05, 4.69) is 46.4 Å². The molecule has 3 fully saturated rings. The summed E-state index contributed by atoms with van der Waals surface area (Å²) in [5.74, 6) is 3.23. The van der Waals surface area contributed by atoms with Gasteiger partial charge in [0.15, 0.2) is 0 Å². The fourth-order valence-electron chi connectivity index (χ4n) is 6.69. The molecule has 3 saturated carbocycles. The van der Waals surface area contributed by atoms with E-state index in [1.807, 2.05) is 0 Å². The highest BCUT2D eigenvalue weighted by atomic mass is 32.1. The molecule has 6 atom stereocenters. The maximum atomic E-state index is 10.1. The minimum absolute atomic E-state index is 0. The number of hydrogen-bond donors (Lipinski definition) is 2. The van der Waals surface area contributed by atoms with Crippen LogP contribution in [-0.2, 0) is 0 Å². The van der Waals surface area contributed by atoms with Crippen LogP contribution in [0.4, 0.5) is 0 Å². The van der Waals surface area contributed by atoms with Crippen molar-refractivity contribution in [3.8, 4) is 0 Å². The minimum Gasteiger partial charge on any atom is -0.388 e. The zero-order chi connectivity index (χ0) is 21.2. The average Bonchev–Trinajstić information content (AvgIpc) is 3.01. The van der Waals surface area contributed by atoms with Crippen LogP contribution in [0.3, 0.4) is 0 Å². The van der Waals surface area contributed by atoms with Crippen LogP contribution in [-0.4, -0.2) is 22.4 Å². The largest absolute Gasteiger partial charge is 0.388 e. The van der Waals surface area contributed by atoms with Crippen molar-refractivity contribution in [2.24, 2.45) is 29.1 Å². The fourth-order valence-corrected chi connectivity index (χ4v) is 6.69. The van der Waals surface area contributed by atoms with Crippen LogP contribution in [0.15, 0.2) is 35.5 Å². The van der Waals surface area contributed by atoms with E-state index in [0.717, 1.165) is 29.2 Å². The summed E-state index contributed by atoms with van der Waals surface area (Å²) in [5, 5.41) is 20.3. The third-order valence-electron chi connectivity index (χ3n) is 8.47. The number of allylic oxidation sites excluding steroid dienone is 3. The van der Waals surface area contributed by atoms with Gasteiger partial charge < -0.3 is 10.2 Å². The Hall–Kier alpha value is -0.510. The summed E-state index contributed by atoms with van der Waals surface area (Å²) in [4.78, 5) is 0. The van der Waals surface area contributed by atoms with Crippen LogP contribution in [0, 0.1) is 29.1 Å². The van der Waals surface area contributed by atoms with Gasteiger partial charge in [-0.25, -0.2) is 0 Å². The molecule has 0 spiro atoms. The molecule has 0 aromatic carbocycles. The molecule has 0 heterocycles. The first-order valence-electron chi connectivity index (χ1n) is 12.2. The first kappa shape index (κ1) is 25.7. The Morgan fingerprint density at radius 1 is 1.07 bits per heavy atom. The predicted octanol–water partition coefficient (Wildman–Crippen LogP) is 6.70. The predicted molar refractivity (Wildman–Crippen MR) is 133 cm³/mol. The number of hydrogen-bond acceptors (Lipinski definition) is 2. The zero-order valence-corrected chi connectivity index (χ0v) is 20.8. The molecule has 0 saturated heterocycles. The number of rotatable bonds is 6. The van der Waals surface area contributed by atoms with Crippen LogP contribution in [0.2, 0.25) is 0 Å². The number of aliphatic hydroxyl groups excluding tert-OH is 2. The summed E-state index contributed by atoms with van der Waals surface area (Å²) in [6.45, 7) is 13.6. The lowest BCUT2D eigenvalue weighted by Gasteiger charge is -2.44. The van der Waals surface area contributed by atoms with E-state index in [0.29, 0.717) is 23.8 Å². The highest BCUT2D eigenvalue weighted by Crippen LogP contribution is 2.59. The first-order valence-corrected chi connectivity index (χ1v) is 12.2. The van der Waals surface area contributed by atoms with Gasteiger partial charge in [0.1, 0.15) is 0 Å². The topological polar surface area (TPSA) is 40.5 Å². The summed E-state index contributed by atoms with van der Waals surface area (Å²) >= 11 is 0. The van der Waals surface area contributed by atoms with Crippen molar-refractivity contribution in [2.45, 2.75) is 104 Å². The molecule has 0 amide bonds. The Morgan fingerprint density at radius 2 is 1.73 bits per heavy atom. The fraction of sp³-hybridized carbons (Fsp3) is 0.778. The van der Waals surface area contributed by atoms with E-state index in [9.17, 15) is 10.2 Å². The maximum Gasteiger partial charge on any atom is 0.0809 e. The Kier molecular flexibility index (Phi) is 9.34. The second kappa shape index (κ2) is 10.9. The molecule has 0 aliphatic heterocycles. The standard InChI is InChI=1S/C27H44O2.H2S/c1-18(2)8-6-9-19(3)23-13-14-24-22(10-7-15-27(23,24)5)12-11-21-16-25(28)20(4)26(29)17-21;/h11-12,18-19,23-26,28-29H,4,6-10,13-17H2,1-3,5H3;1H2/b22-12+;/t19-,23+,24-,25+,26+,27+;/m0./s1. The van der Waals surface area contributed by atoms with E-state index in [1.165, 1.54) is 51.4 Å². The van der Waals surface area contributed by atoms with E-state index in [-0.39, 0.29) is 13.5 Å². The van der Waals surface area contributed by atoms with Crippen molar-refractivity contribution in [3.05, 3.63) is 35.5 Å². The highest BCUT2D eigenvalue weighted by molar-refractivity contribution is 7.59. The first-order chi connectivity index (χ1) is 13.7. The van der Waals surface area contributed by atoms with Gasteiger partial charge >= 0.3 is 0 Å². The van der Waals surface area contributed by atoms with Crippen molar-refractivity contribution in [1.82, 2.24) is 0 Å². The summed E-state index contributed by atoms with van der Waals surface area (Å²) in [5.41, 5.74) is 3.81. The summed E-state index contributed by atoms with van der Waals surface area (Å²) in [7, 11) is 0. The van der Waals surface area contributed by atoms with Crippen LogP contribution in [0.5, 0.6) is 0 Å². The van der Waals surface area contributed by atoms with E-state index < -0.39 is 12.2 Å². The van der Waals surface area contributed by atoms with Gasteiger partial charge in [-0.1, -0.05) is 76.8 Å². The van der Waals surface area contributed by atoms with Gasteiger partial charge in [-0.05, 0) is 79.6 Å². The molecular formula is C27H46O2S. The smallest absolute Gasteiger partial charge is 0.0809 e. The Morgan fingerprint density at radius 3 is 2.37 bits per heavy atom. The third-order valence-corrected chi connectivity index (χ3v) is 8.47. The van der Waals surface area contributed by atoms with Crippen molar-refractivity contribution >= 4 is 13.5 Å². The monoisotopic (exact) mass is 434 g/mol. The zero-order valence-electron chi connectivity index (χ0n) is 19.8. The van der Waals surface area contributed by atoms with Gasteiger partial charge in [-0.3, -0.25) is 0 Å². The van der Waals surface area contributed by atoms with Crippen molar-refractivity contribution in [2.75, 3.05) is 0 Å². The van der Waals surface area contributed by atoms with Crippen molar-refractivity contribution in [3.63, 3.8) is 0 Å². The highest BCUT2D eigenvalue weighted by Gasteiger charge is 2.50. The molecule has 3 heteroatoms. The molecule has 0 unspecified atom stereocenters. The van der Waals surface area contributed by atoms with E-state index in [4.69, 9.17) is 0 Å². The Labute approximate surface area is 192 Å². The van der Waals surface area contributed by atoms with Crippen LogP contribution in [0.1, 0.15) is 91.9 Å². The molecule has 172 valence electrons. The molecule has 3 rings (SSSR count). The molecule has 2 nitrogen and oxygen atoms in total. The van der Waals surface area contributed by atoms with Gasteiger partial charge in [0, 0.05) is 0 Å². The quantitative estimate of drug-likeness (QED) is 0.456. The minimum atomic E-state index is -0.595. The second-order valence-electron chi connectivity index (χ2n) is 11.0. The molecule has 30 heavy (non-hydrogen) atoms. The Balaban J connectivity index is 0.00000320. The molecular weight excluding hydrogens is 388 g/mol. The maximum absolute atomic E-state index is 10.1. The van der Waals surface area contributed by atoms with Crippen molar-refractivity contribution in [1.29, 1.82) is 0 Å². The van der Waals surface area contributed by atoms with Crippen LogP contribution >= 0.6 is 13.5 Å². The second-order valence-corrected chi connectivity index (χ2v) is 11.0. The van der Waals surface area contributed by atoms with E-state index in [1.54, 1.807) is 5.57 Å². The van der Waals surface area contributed by atoms with E-state index >= 15 is 0 Å². The van der Waals surface area contributed by atoms with Gasteiger partial charge in [0.05, 0.1) is 12.2 Å². The lowest BCUT2D eigenvalue weighted by molar-refractivity contribution is 0.0928. The summed E-state index contributed by atoms with van der Waals surface area (Å²) in [6.07, 6.45) is 15.4. The molecule has 2 N–H and O–H groups in total. The molecule has 3 aliphatic rings. The van der Waals surface area contributed by atoms with Crippen molar-refractivity contribution < 1.29 is 10.2 Å². The lowest BCUT2D eigenvalue weighted by atomic mass is 9.60. The molecule has 0 bridgehead atoms. The number of aliphatic hydroxyl groups is 2. The molecule has 3 aliphatic carbocycles. The van der Waals surface area contributed by atoms with Crippen LogP contribution in [0.25, 0.3) is 0 Å². The van der Waals surface area contributed by atoms with Gasteiger partial charge in [0.25, 0.3) is 0 Å². The Bertz CT molecular complexity index is 633. The lowest BCUT2D eigenvalue weighted by Crippen LogP contribution is -2.36. The summed E-state index contributed by atoms with van der Waals surface area (Å²) in [6, 6.07) is 0. The van der Waals surface area contributed by atoms with Gasteiger partial charge in [-0.2, -0.15) is 13.5 Å². The SMILES string of the molecule is C=C1[C@H](O)CC(=C/C=C2\CCC[C@]3(C)[C@@H]([C@@H](C)CCCC(C)C)CC[C@@H]23)C[C@H]1O.S. The normalized spacial score (nSPS) is 36.6. The number of fused-ring (bicyclic) bond motifs is 1. The van der Waals surface area contributed by atoms with Gasteiger partial charge in [0.2, 0.25) is 0 Å². The average molecular weight is 435 g/mol.